The van der Waals surface area contributed by atoms with Gasteiger partial charge in [0.15, 0.2) is 5.76 Å². The Morgan fingerprint density at radius 1 is 1.14 bits per heavy atom. The Morgan fingerprint density at radius 2 is 2.00 bits per heavy atom. The maximum atomic E-state index is 5.83. The Kier molecular flexibility index (Phi) is 2.93. The third-order valence-corrected chi connectivity index (χ3v) is 3.41. The van der Waals surface area contributed by atoms with Gasteiger partial charge in [-0.1, -0.05) is 0 Å². The normalized spacial score (nSPS) is 14.0. The van der Waals surface area contributed by atoms with E-state index in [1.54, 1.807) is 13.3 Å². The van der Waals surface area contributed by atoms with Gasteiger partial charge in [-0.2, -0.15) is 0 Å². The molecule has 1 aliphatic rings. The van der Waals surface area contributed by atoms with E-state index in [-0.39, 0.29) is 0 Å². The van der Waals surface area contributed by atoms with E-state index in [4.69, 9.17) is 18.6 Å². The molecule has 0 aliphatic carbocycles. The van der Waals surface area contributed by atoms with E-state index >= 15 is 0 Å². The molecule has 3 heterocycles. The summed E-state index contributed by atoms with van der Waals surface area (Å²) in [5, 5.41) is 0.909. The van der Waals surface area contributed by atoms with Crippen LogP contribution in [0.5, 0.6) is 5.75 Å². The Balaban J connectivity index is 1.79. The zero-order valence-corrected chi connectivity index (χ0v) is 11.7. The summed E-state index contributed by atoms with van der Waals surface area (Å²) in [5.74, 6) is 1.93. The minimum absolute atomic E-state index is 0.538. The van der Waals surface area contributed by atoms with Crippen LogP contribution in [0.1, 0.15) is 12.1 Å². The molecule has 0 saturated carbocycles. The molecule has 0 amide bonds. The molecule has 0 bridgehead atoms. The first-order valence-electron chi connectivity index (χ1n) is 6.69. The number of fused-ring (bicyclic) bond motifs is 1. The summed E-state index contributed by atoms with van der Waals surface area (Å²) in [6, 6.07) is 7.47. The van der Waals surface area contributed by atoms with E-state index in [0.717, 1.165) is 16.5 Å². The topological polar surface area (TPSA) is 66.6 Å². The van der Waals surface area contributed by atoms with Gasteiger partial charge in [-0.25, -0.2) is 9.97 Å². The highest BCUT2D eigenvalue weighted by molar-refractivity contribution is 5.86. The van der Waals surface area contributed by atoms with Gasteiger partial charge >= 0.3 is 0 Å². The van der Waals surface area contributed by atoms with Crippen LogP contribution in [0, 0.1) is 0 Å². The molecule has 110 valence electrons. The zero-order valence-electron chi connectivity index (χ0n) is 11.7. The van der Waals surface area contributed by atoms with Crippen molar-refractivity contribution in [3.05, 3.63) is 55.1 Å². The van der Waals surface area contributed by atoms with Gasteiger partial charge < -0.3 is 18.6 Å². The highest BCUT2D eigenvalue weighted by atomic mass is 16.7. The van der Waals surface area contributed by atoms with Gasteiger partial charge in [0.25, 0.3) is 6.29 Å². The van der Waals surface area contributed by atoms with Crippen molar-refractivity contribution >= 4 is 10.9 Å². The number of hydrogen-bond acceptors (Lipinski definition) is 6. The van der Waals surface area contributed by atoms with Crippen molar-refractivity contribution in [2.45, 2.75) is 6.29 Å². The monoisotopic (exact) mass is 296 g/mol. The maximum absolute atomic E-state index is 5.83. The van der Waals surface area contributed by atoms with Crippen LogP contribution in [-0.2, 0) is 9.47 Å². The van der Waals surface area contributed by atoms with Crippen molar-refractivity contribution in [3.8, 4) is 17.1 Å². The first-order chi connectivity index (χ1) is 10.8. The van der Waals surface area contributed by atoms with Gasteiger partial charge in [0.2, 0.25) is 0 Å². The van der Waals surface area contributed by atoms with Crippen LogP contribution < -0.4 is 4.74 Å². The quantitative estimate of drug-likeness (QED) is 0.738. The fourth-order valence-corrected chi connectivity index (χ4v) is 2.37. The van der Waals surface area contributed by atoms with Crippen molar-refractivity contribution in [3.63, 3.8) is 0 Å². The molecule has 0 atom stereocenters. The molecular formula is C16H12N2O4. The third-order valence-electron chi connectivity index (χ3n) is 3.41. The Hall–Kier alpha value is -3.02. The van der Waals surface area contributed by atoms with E-state index in [1.807, 2.05) is 24.3 Å². The van der Waals surface area contributed by atoms with Crippen molar-refractivity contribution in [1.29, 1.82) is 0 Å². The van der Waals surface area contributed by atoms with Gasteiger partial charge in [0.1, 0.15) is 30.4 Å². The number of ether oxygens (including phenoxy) is 3. The fourth-order valence-electron chi connectivity index (χ4n) is 2.37. The van der Waals surface area contributed by atoms with Crippen LogP contribution in [0.15, 0.2) is 53.7 Å². The minimum atomic E-state index is -0.538. The number of rotatable bonds is 3. The average molecular weight is 296 g/mol. The molecule has 0 unspecified atom stereocenters. The Labute approximate surface area is 126 Å². The second kappa shape index (κ2) is 5.07. The molecule has 0 saturated heterocycles. The summed E-state index contributed by atoms with van der Waals surface area (Å²) in [7, 11) is 1.61. The van der Waals surface area contributed by atoms with Crippen LogP contribution in [0.3, 0.4) is 0 Å². The highest BCUT2D eigenvalue weighted by Crippen LogP contribution is 2.36. The molecule has 0 spiro atoms. The van der Waals surface area contributed by atoms with Crippen LogP contribution in [0.4, 0.5) is 0 Å². The van der Waals surface area contributed by atoms with E-state index in [2.05, 4.69) is 9.97 Å². The molecule has 0 fully saturated rings. The van der Waals surface area contributed by atoms with E-state index in [1.165, 1.54) is 18.9 Å². The second-order valence-electron chi connectivity index (χ2n) is 4.71. The van der Waals surface area contributed by atoms with Crippen LogP contribution in [0.2, 0.25) is 0 Å². The standard InChI is InChI=1S/C16H12N2O4/c1-19-15-7-12-10(8-17-9-18-12)6-11(15)13-2-3-14(22-13)16-20-4-5-21-16/h2-9,16H,1H3. The highest BCUT2D eigenvalue weighted by Gasteiger charge is 2.21. The Morgan fingerprint density at radius 3 is 2.82 bits per heavy atom. The van der Waals surface area contributed by atoms with Gasteiger partial charge in [0.05, 0.1) is 18.2 Å². The summed E-state index contributed by atoms with van der Waals surface area (Å²) >= 11 is 0. The van der Waals surface area contributed by atoms with Crippen molar-refractivity contribution in [2.24, 2.45) is 0 Å². The average Bonchev–Trinajstić information content (AvgIpc) is 3.24. The summed E-state index contributed by atoms with van der Waals surface area (Å²) < 4.78 is 21.8. The van der Waals surface area contributed by atoms with Crippen molar-refractivity contribution in [1.82, 2.24) is 9.97 Å². The molecule has 3 aromatic rings. The van der Waals surface area contributed by atoms with Crippen LogP contribution >= 0.6 is 0 Å². The second-order valence-corrected chi connectivity index (χ2v) is 4.71. The zero-order chi connectivity index (χ0) is 14.9. The summed E-state index contributed by atoms with van der Waals surface area (Å²) in [4.78, 5) is 8.26. The number of furan rings is 1. The van der Waals surface area contributed by atoms with Crippen molar-refractivity contribution in [2.75, 3.05) is 7.11 Å². The van der Waals surface area contributed by atoms with Gasteiger partial charge in [-0.3, -0.25) is 0 Å². The number of nitrogens with zero attached hydrogens (tertiary/aromatic N) is 2. The molecule has 22 heavy (non-hydrogen) atoms. The number of benzene rings is 1. The van der Waals surface area contributed by atoms with Gasteiger partial charge in [-0.15, -0.1) is 0 Å². The van der Waals surface area contributed by atoms with Gasteiger partial charge in [-0.05, 0) is 18.2 Å². The maximum Gasteiger partial charge on any atom is 0.299 e. The number of methoxy groups -OCH3 is 1. The smallest absolute Gasteiger partial charge is 0.299 e. The predicted molar refractivity (Wildman–Crippen MR) is 77.8 cm³/mol. The lowest BCUT2D eigenvalue weighted by Crippen LogP contribution is -1.94. The minimum Gasteiger partial charge on any atom is -0.496 e. The summed E-state index contributed by atoms with van der Waals surface area (Å²) in [6.45, 7) is 0. The molecule has 0 radical (unpaired) electrons. The fraction of sp³-hybridized carbons (Fsp3) is 0.125. The number of aromatic nitrogens is 2. The molecule has 2 aromatic heterocycles. The predicted octanol–water partition coefficient (Wildman–Crippen LogP) is 3.42. The SMILES string of the molecule is COc1cc2ncncc2cc1-c1ccc(C2OC=CO2)o1. The molecule has 4 rings (SSSR count). The van der Waals surface area contributed by atoms with Gasteiger partial charge in [0, 0.05) is 17.6 Å². The number of hydrogen-bond donors (Lipinski definition) is 0. The molecular weight excluding hydrogens is 284 g/mol. The van der Waals surface area contributed by atoms with E-state index < -0.39 is 6.29 Å². The molecule has 1 aromatic carbocycles. The third kappa shape index (κ3) is 2.05. The van der Waals surface area contributed by atoms with E-state index in [0.29, 0.717) is 17.3 Å². The first-order valence-corrected chi connectivity index (χ1v) is 6.69. The summed E-state index contributed by atoms with van der Waals surface area (Å²) in [5.41, 5.74) is 1.64. The summed E-state index contributed by atoms with van der Waals surface area (Å²) in [6.07, 6.45) is 5.70. The van der Waals surface area contributed by atoms with E-state index in [9.17, 15) is 0 Å². The lowest BCUT2D eigenvalue weighted by molar-refractivity contribution is -0.0400. The molecule has 0 N–H and O–H groups in total. The lowest BCUT2D eigenvalue weighted by atomic mass is 10.1. The van der Waals surface area contributed by atoms with Crippen molar-refractivity contribution < 1.29 is 18.6 Å². The molecule has 1 aliphatic heterocycles. The molecule has 6 heteroatoms. The van der Waals surface area contributed by atoms with Crippen LogP contribution in [-0.4, -0.2) is 17.1 Å². The lowest BCUT2D eigenvalue weighted by Gasteiger charge is -2.09. The first kappa shape index (κ1) is 12.7. The molecule has 6 nitrogen and oxygen atoms in total. The Bertz CT molecular complexity index is 848. The largest absolute Gasteiger partial charge is 0.496 e. The van der Waals surface area contributed by atoms with Crippen LogP contribution in [0.25, 0.3) is 22.2 Å².